The van der Waals surface area contributed by atoms with Crippen LogP contribution in [0.4, 0.5) is 5.69 Å². The van der Waals surface area contributed by atoms with Gasteiger partial charge < -0.3 is 29.0 Å². The maximum Gasteiger partial charge on any atom is 0.317 e. The van der Waals surface area contributed by atoms with Crippen LogP contribution in [0.1, 0.15) is 31.2 Å². The van der Waals surface area contributed by atoms with Crippen LogP contribution < -0.4 is 24.3 Å². The second kappa shape index (κ2) is 9.38. The van der Waals surface area contributed by atoms with Gasteiger partial charge in [0.05, 0.1) is 25.3 Å². The Balaban J connectivity index is 1.46. The first kappa shape index (κ1) is 21.8. The molecule has 1 aliphatic heterocycles. The van der Waals surface area contributed by atoms with Gasteiger partial charge in [0.1, 0.15) is 24.7 Å². The van der Waals surface area contributed by atoms with Crippen LogP contribution in [0.2, 0.25) is 0 Å². The number of nitrogens with one attached hydrogen (secondary N) is 1. The summed E-state index contributed by atoms with van der Waals surface area (Å²) >= 11 is 0. The Kier molecular flexibility index (Phi) is 6.39. The maximum absolute atomic E-state index is 13.2. The van der Waals surface area contributed by atoms with E-state index in [2.05, 4.69) is 5.32 Å². The summed E-state index contributed by atoms with van der Waals surface area (Å²) in [7, 11) is 3.04. The number of carbonyl (C=O) groups is 2. The van der Waals surface area contributed by atoms with Gasteiger partial charge in [-0.05, 0) is 42.7 Å². The molecule has 0 spiro atoms. The van der Waals surface area contributed by atoms with Crippen molar-refractivity contribution in [3.05, 3.63) is 42.0 Å². The van der Waals surface area contributed by atoms with E-state index in [0.29, 0.717) is 54.7 Å². The molecule has 1 N–H and O–H groups in total. The van der Waals surface area contributed by atoms with Crippen molar-refractivity contribution in [2.75, 3.05) is 39.4 Å². The Bertz CT molecular complexity index is 998. The smallest absolute Gasteiger partial charge is 0.317 e. The van der Waals surface area contributed by atoms with Crippen LogP contribution in [0.25, 0.3) is 0 Å². The van der Waals surface area contributed by atoms with Crippen molar-refractivity contribution >= 4 is 17.6 Å². The molecule has 1 amide bonds. The van der Waals surface area contributed by atoms with Gasteiger partial charge in [-0.15, -0.1) is 0 Å². The molecule has 8 nitrogen and oxygen atoms in total. The lowest BCUT2D eigenvalue weighted by molar-refractivity contribution is -0.153. The molecule has 1 aliphatic carbocycles. The lowest BCUT2D eigenvalue weighted by atomic mass is 9.78. The molecule has 0 unspecified atom stereocenters. The topological polar surface area (TPSA) is 92.3 Å². The zero-order valence-electron chi connectivity index (χ0n) is 18.3. The van der Waals surface area contributed by atoms with E-state index in [0.717, 1.165) is 18.4 Å². The fourth-order valence-electron chi connectivity index (χ4n) is 4.30. The third-order valence-corrected chi connectivity index (χ3v) is 5.96. The zero-order chi connectivity index (χ0) is 22.6. The monoisotopic (exact) mass is 441 g/mol. The molecule has 0 bridgehead atoms. The summed E-state index contributed by atoms with van der Waals surface area (Å²) in [5.41, 5.74) is 0.485. The van der Waals surface area contributed by atoms with Gasteiger partial charge in [0, 0.05) is 6.07 Å². The summed E-state index contributed by atoms with van der Waals surface area (Å²) in [5, 5.41) is 2.72. The molecule has 1 heterocycles. The van der Waals surface area contributed by atoms with Gasteiger partial charge in [0.25, 0.3) is 5.91 Å². The Morgan fingerprint density at radius 2 is 1.72 bits per heavy atom. The first-order chi connectivity index (χ1) is 15.6. The summed E-state index contributed by atoms with van der Waals surface area (Å²) in [5.74, 6) is 1.50. The molecule has 0 saturated heterocycles. The fourth-order valence-corrected chi connectivity index (χ4v) is 4.30. The van der Waals surface area contributed by atoms with E-state index in [9.17, 15) is 9.59 Å². The molecule has 2 aromatic rings. The van der Waals surface area contributed by atoms with E-state index in [4.69, 9.17) is 23.7 Å². The molecule has 0 aromatic heterocycles. The second-order valence-corrected chi connectivity index (χ2v) is 7.84. The molecule has 170 valence electrons. The molecule has 32 heavy (non-hydrogen) atoms. The van der Waals surface area contributed by atoms with Crippen LogP contribution in [0.15, 0.2) is 36.4 Å². The Hall–Kier alpha value is -3.42. The quantitative estimate of drug-likeness (QED) is 0.658. The van der Waals surface area contributed by atoms with Crippen molar-refractivity contribution in [1.29, 1.82) is 0 Å². The van der Waals surface area contributed by atoms with Crippen LogP contribution in [0.3, 0.4) is 0 Å². The molecule has 8 heteroatoms. The largest absolute Gasteiger partial charge is 0.497 e. The highest BCUT2D eigenvalue weighted by atomic mass is 16.6. The summed E-state index contributed by atoms with van der Waals surface area (Å²) in [6, 6.07) is 10.6. The third kappa shape index (κ3) is 4.30. The van der Waals surface area contributed by atoms with Gasteiger partial charge in [0.2, 0.25) is 0 Å². The zero-order valence-corrected chi connectivity index (χ0v) is 18.3. The Labute approximate surface area is 186 Å². The van der Waals surface area contributed by atoms with Gasteiger partial charge in [-0.3, -0.25) is 9.59 Å². The number of hydrogen-bond acceptors (Lipinski definition) is 7. The number of amides is 1. The Morgan fingerprint density at radius 3 is 2.44 bits per heavy atom. The predicted molar refractivity (Wildman–Crippen MR) is 117 cm³/mol. The minimum absolute atomic E-state index is 0.397. The van der Waals surface area contributed by atoms with Gasteiger partial charge in [-0.2, -0.15) is 0 Å². The molecular formula is C24H27NO7. The van der Waals surface area contributed by atoms with Crippen LogP contribution in [-0.2, 0) is 19.7 Å². The van der Waals surface area contributed by atoms with E-state index in [1.165, 1.54) is 14.2 Å². The van der Waals surface area contributed by atoms with Crippen molar-refractivity contribution in [3.8, 4) is 23.0 Å². The SMILES string of the molecule is COc1ccc(OC)c(NC(=O)COC(=O)C2(c3ccc4c(c3)OCCO4)CCCC2)c1. The number of methoxy groups -OCH3 is 2. The number of esters is 1. The standard InChI is InChI=1S/C24H27NO7/c1-28-17-6-8-19(29-2)18(14-17)25-22(26)15-32-23(27)24(9-3-4-10-24)16-5-7-20-21(13-16)31-12-11-30-20/h5-8,13-14H,3-4,9-12,15H2,1-2H3,(H,25,26). The fraction of sp³-hybridized carbons (Fsp3) is 0.417. The number of ether oxygens (including phenoxy) is 5. The van der Waals surface area contributed by atoms with Gasteiger partial charge >= 0.3 is 5.97 Å². The molecule has 2 aliphatic rings. The average molecular weight is 441 g/mol. The third-order valence-electron chi connectivity index (χ3n) is 5.96. The molecule has 0 radical (unpaired) electrons. The number of rotatable bonds is 7. The molecule has 4 rings (SSSR count). The minimum Gasteiger partial charge on any atom is -0.497 e. The predicted octanol–water partition coefficient (Wildman–Crippen LogP) is 3.47. The van der Waals surface area contributed by atoms with E-state index in [1.54, 1.807) is 18.2 Å². The highest BCUT2D eigenvalue weighted by Gasteiger charge is 2.45. The minimum atomic E-state index is -0.788. The normalized spacial score (nSPS) is 16.2. The summed E-state index contributed by atoms with van der Waals surface area (Å²) in [6.45, 7) is 0.583. The highest BCUT2D eigenvalue weighted by molar-refractivity contribution is 5.95. The first-order valence-corrected chi connectivity index (χ1v) is 10.6. The second-order valence-electron chi connectivity index (χ2n) is 7.84. The molecular weight excluding hydrogens is 414 g/mol. The first-order valence-electron chi connectivity index (χ1n) is 10.6. The van der Waals surface area contributed by atoms with Crippen molar-refractivity contribution in [1.82, 2.24) is 0 Å². The molecule has 1 fully saturated rings. The van der Waals surface area contributed by atoms with Crippen LogP contribution in [0.5, 0.6) is 23.0 Å². The van der Waals surface area contributed by atoms with Crippen molar-refractivity contribution in [2.45, 2.75) is 31.1 Å². The van der Waals surface area contributed by atoms with E-state index >= 15 is 0 Å². The van der Waals surface area contributed by atoms with Crippen LogP contribution in [0, 0.1) is 0 Å². The van der Waals surface area contributed by atoms with E-state index in [-0.39, 0.29) is 0 Å². The molecule has 1 saturated carbocycles. The number of anilines is 1. The van der Waals surface area contributed by atoms with Crippen LogP contribution >= 0.6 is 0 Å². The lowest BCUT2D eigenvalue weighted by Gasteiger charge is -2.28. The van der Waals surface area contributed by atoms with Crippen molar-refractivity contribution in [3.63, 3.8) is 0 Å². The summed E-state index contributed by atoms with van der Waals surface area (Å²) in [6.07, 6.45) is 3.15. The Morgan fingerprint density at radius 1 is 0.969 bits per heavy atom. The van der Waals surface area contributed by atoms with Crippen LogP contribution in [-0.4, -0.2) is 45.9 Å². The maximum atomic E-state index is 13.2. The van der Waals surface area contributed by atoms with E-state index in [1.807, 2.05) is 18.2 Å². The van der Waals surface area contributed by atoms with Gasteiger partial charge in [-0.1, -0.05) is 18.9 Å². The van der Waals surface area contributed by atoms with Gasteiger partial charge in [-0.25, -0.2) is 0 Å². The number of hydrogen-bond donors (Lipinski definition) is 1. The molecule has 0 atom stereocenters. The van der Waals surface area contributed by atoms with Crippen molar-refractivity contribution < 1.29 is 33.3 Å². The van der Waals surface area contributed by atoms with E-state index < -0.39 is 23.9 Å². The van der Waals surface area contributed by atoms with Gasteiger partial charge in [0.15, 0.2) is 18.1 Å². The number of benzene rings is 2. The summed E-state index contributed by atoms with van der Waals surface area (Å²) < 4.78 is 27.2. The average Bonchev–Trinajstić information content (AvgIpc) is 3.33. The summed E-state index contributed by atoms with van der Waals surface area (Å²) in [4.78, 5) is 25.7. The number of carbonyl (C=O) groups excluding carboxylic acids is 2. The van der Waals surface area contributed by atoms with Crippen molar-refractivity contribution in [2.24, 2.45) is 0 Å². The lowest BCUT2D eigenvalue weighted by Crippen LogP contribution is -2.36. The highest BCUT2D eigenvalue weighted by Crippen LogP contribution is 2.45. The molecule has 2 aromatic carbocycles. The number of fused-ring (bicyclic) bond motifs is 1.